The van der Waals surface area contributed by atoms with Crippen LogP contribution >= 0.6 is 11.6 Å². The maximum atomic E-state index is 11.1. The SMILES string of the molecule is O=[N+]([O-])c1ccc(Cl)cc1-n1cnc2ccccc21. The first-order chi connectivity index (χ1) is 9.16. The molecule has 0 atom stereocenters. The molecule has 1 heterocycles. The van der Waals surface area contributed by atoms with E-state index in [1.165, 1.54) is 12.1 Å². The second kappa shape index (κ2) is 4.37. The van der Waals surface area contributed by atoms with Crippen molar-refractivity contribution in [3.05, 3.63) is 63.9 Å². The Balaban J connectivity index is 2.32. The molecule has 0 saturated carbocycles. The highest BCUT2D eigenvalue weighted by atomic mass is 35.5. The first kappa shape index (κ1) is 11.7. The van der Waals surface area contributed by atoms with Gasteiger partial charge in [0.1, 0.15) is 12.0 Å². The van der Waals surface area contributed by atoms with Crippen LogP contribution in [-0.4, -0.2) is 14.5 Å². The number of nitro groups is 1. The molecule has 94 valence electrons. The number of aromatic nitrogens is 2. The van der Waals surface area contributed by atoms with Gasteiger partial charge in [0.2, 0.25) is 0 Å². The Bertz CT molecular complexity index is 782. The third kappa shape index (κ3) is 1.94. The molecule has 0 N–H and O–H groups in total. The number of hydrogen-bond donors (Lipinski definition) is 0. The lowest BCUT2D eigenvalue weighted by Crippen LogP contribution is -1.99. The van der Waals surface area contributed by atoms with Crippen LogP contribution in [0.15, 0.2) is 48.8 Å². The van der Waals surface area contributed by atoms with Crippen molar-refractivity contribution >= 4 is 28.3 Å². The number of halogens is 1. The molecule has 2 aromatic carbocycles. The fraction of sp³-hybridized carbons (Fsp3) is 0. The van der Waals surface area contributed by atoms with E-state index in [2.05, 4.69) is 4.98 Å². The average molecular weight is 274 g/mol. The predicted octanol–water partition coefficient (Wildman–Crippen LogP) is 3.59. The molecule has 0 fully saturated rings. The summed E-state index contributed by atoms with van der Waals surface area (Å²) in [5.41, 5.74) is 1.98. The van der Waals surface area contributed by atoms with Crippen molar-refractivity contribution in [2.24, 2.45) is 0 Å². The van der Waals surface area contributed by atoms with Crippen molar-refractivity contribution in [3.8, 4) is 5.69 Å². The molecule has 3 rings (SSSR count). The van der Waals surface area contributed by atoms with Crippen LogP contribution in [0.3, 0.4) is 0 Å². The van der Waals surface area contributed by atoms with Crippen LogP contribution in [0.4, 0.5) is 5.69 Å². The van der Waals surface area contributed by atoms with Crippen LogP contribution in [0, 0.1) is 10.1 Å². The molecule has 1 aromatic heterocycles. The van der Waals surface area contributed by atoms with Crippen molar-refractivity contribution in [1.82, 2.24) is 9.55 Å². The number of hydrogen-bond acceptors (Lipinski definition) is 3. The highest BCUT2D eigenvalue weighted by Gasteiger charge is 2.17. The molecule has 0 unspecified atom stereocenters. The van der Waals surface area contributed by atoms with Gasteiger partial charge in [0, 0.05) is 11.1 Å². The Morgan fingerprint density at radius 2 is 2.00 bits per heavy atom. The second-order valence-corrected chi connectivity index (χ2v) is 4.43. The van der Waals surface area contributed by atoms with Gasteiger partial charge in [-0.25, -0.2) is 4.98 Å². The Labute approximate surface area is 113 Å². The van der Waals surface area contributed by atoms with Gasteiger partial charge in [0.25, 0.3) is 5.69 Å². The summed E-state index contributed by atoms with van der Waals surface area (Å²) >= 11 is 5.93. The molecule has 0 bridgehead atoms. The summed E-state index contributed by atoms with van der Waals surface area (Å²) in [4.78, 5) is 14.9. The largest absolute Gasteiger partial charge is 0.293 e. The van der Waals surface area contributed by atoms with E-state index < -0.39 is 4.92 Å². The first-order valence-electron chi connectivity index (χ1n) is 5.53. The van der Waals surface area contributed by atoms with E-state index in [1.807, 2.05) is 24.3 Å². The molecular formula is C13H8ClN3O2. The van der Waals surface area contributed by atoms with E-state index in [0.717, 1.165) is 11.0 Å². The third-order valence-electron chi connectivity index (χ3n) is 2.85. The van der Waals surface area contributed by atoms with Gasteiger partial charge in [0.05, 0.1) is 16.0 Å². The molecule has 6 heteroatoms. The number of rotatable bonds is 2. The zero-order chi connectivity index (χ0) is 13.4. The summed E-state index contributed by atoms with van der Waals surface area (Å²) in [5, 5.41) is 11.5. The lowest BCUT2D eigenvalue weighted by atomic mass is 10.2. The minimum absolute atomic E-state index is 0.00690. The Hall–Kier alpha value is -2.40. The van der Waals surface area contributed by atoms with Crippen molar-refractivity contribution in [3.63, 3.8) is 0 Å². The topological polar surface area (TPSA) is 61.0 Å². The maximum Gasteiger partial charge on any atom is 0.293 e. The summed E-state index contributed by atoms with van der Waals surface area (Å²) in [7, 11) is 0. The number of benzene rings is 2. The number of nitrogens with zero attached hydrogens (tertiary/aromatic N) is 3. The Morgan fingerprint density at radius 1 is 1.21 bits per heavy atom. The summed E-state index contributed by atoms with van der Waals surface area (Å²) in [6.45, 7) is 0. The quantitative estimate of drug-likeness (QED) is 0.529. The molecule has 0 spiro atoms. The zero-order valence-corrected chi connectivity index (χ0v) is 10.4. The second-order valence-electron chi connectivity index (χ2n) is 3.99. The van der Waals surface area contributed by atoms with Crippen molar-refractivity contribution in [1.29, 1.82) is 0 Å². The van der Waals surface area contributed by atoms with E-state index in [-0.39, 0.29) is 5.69 Å². The van der Waals surface area contributed by atoms with Gasteiger partial charge in [-0.2, -0.15) is 0 Å². The summed E-state index contributed by atoms with van der Waals surface area (Å²) in [6, 6.07) is 11.9. The standard InChI is InChI=1S/C13H8ClN3O2/c14-9-5-6-12(17(18)19)13(7-9)16-8-15-10-3-1-2-4-11(10)16/h1-8H. The van der Waals surface area contributed by atoms with Crippen LogP contribution in [0.1, 0.15) is 0 Å². The summed E-state index contributed by atoms with van der Waals surface area (Å²) < 4.78 is 1.67. The minimum atomic E-state index is -0.430. The smallest absolute Gasteiger partial charge is 0.293 e. The van der Waals surface area contributed by atoms with E-state index in [9.17, 15) is 10.1 Å². The molecule has 3 aromatic rings. The lowest BCUT2D eigenvalue weighted by molar-refractivity contribution is -0.384. The van der Waals surface area contributed by atoms with E-state index >= 15 is 0 Å². The third-order valence-corrected chi connectivity index (χ3v) is 3.08. The van der Waals surface area contributed by atoms with Gasteiger partial charge in [-0.3, -0.25) is 14.7 Å². The monoisotopic (exact) mass is 273 g/mol. The zero-order valence-electron chi connectivity index (χ0n) is 9.65. The molecule has 0 aliphatic carbocycles. The predicted molar refractivity (Wildman–Crippen MR) is 72.7 cm³/mol. The van der Waals surface area contributed by atoms with Crippen molar-refractivity contribution in [2.75, 3.05) is 0 Å². The van der Waals surface area contributed by atoms with Crippen LogP contribution in [-0.2, 0) is 0 Å². The molecule has 19 heavy (non-hydrogen) atoms. The van der Waals surface area contributed by atoms with Crippen LogP contribution in [0.2, 0.25) is 5.02 Å². The normalized spacial score (nSPS) is 10.8. The minimum Gasteiger partial charge on any atom is -0.293 e. The molecule has 5 nitrogen and oxygen atoms in total. The Kier molecular flexibility index (Phi) is 2.68. The average Bonchev–Trinajstić information content (AvgIpc) is 2.82. The lowest BCUT2D eigenvalue weighted by Gasteiger charge is -2.05. The van der Waals surface area contributed by atoms with Gasteiger partial charge in [-0.15, -0.1) is 0 Å². The van der Waals surface area contributed by atoms with Gasteiger partial charge < -0.3 is 0 Å². The molecule has 0 aliphatic heterocycles. The molecular weight excluding hydrogens is 266 g/mol. The van der Waals surface area contributed by atoms with Gasteiger partial charge in [-0.05, 0) is 24.3 Å². The summed E-state index contributed by atoms with van der Waals surface area (Å²) in [5.74, 6) is 0. The number of imidazole rings is 1. The van der Waals surface area contributed by atoms with Crippen LogP contribution in [0.25, 0.3) is 16.7 Å². The fourth-order valence-electron chi connectivity index (χ4n) is 2.00. The fourth-order valence-corrected chi connectivity index (χ4v) is 2.16. The number of fused-ring (bicyclic) bond motifs is 1. The molecule has 0 radical (unpaired) electrons. The van der Waals surface area contributed by atoms with E-state index in [4.69, 9.17) is 11.6 Å². The van der Waals surface area contributed by atoms with E-state index in [0.29, 0.717) is 10.7 Å². The van der Waals surface area contributed by atoms with Gasteiger partial charge in [0.15, 0.2) is 0 Å². The molecule has 0 amide bonds. The molecule has 0 aliphatic rings. The number of nitro benzene ring substituents is 1. The van der Waals surface area contributed by atoms with Crippen molar-refractivity contribution in [2.45, 2.75) is 0 Å². The van der Waals surface area contributed by atoms with Crippen LogP contribution in [0.5, 0.6) is 0 Å². The first-order valence-corrected chi connectivity index (χ1v) is 5.91. The summed E-state index contributed by atoms with van der Waals surface area (Å²) in [6.07, 6.45) is 1.56. The highest BCUT2D eigenvalue weighted by Crippen LogP contribution is 2.28. The van der Waals surface area contributed by atoms with Crippen LogP contribution < -0.4 is 0 Å². The van der Waals surface area contributed by atoms with Gasteiger partial charge >= 0.3 is 0 Å². The Morgan fingerprint density at radius 3 is 2.79 bits per heavy atom. The van der Waals surface area contributed by atoms with Crippen molar-refractivity contribution < 1.29 is 4.92 Å². The van der Waals surface area contributed by atoms with Gasteiger partial charge in [-0.1, -0.05) is 23.7 Å². The highest BCUT2D eigenvalue weighted by molar-refractivity contribution is 6.30. The number of para-hydroxylation sites is 2. The van der Waals surface area contributed by atoms with E-state index in [1.54, 1.807) is 17.0 Å². The maximum absolute atomic E-state index is 11.1. The molecule has 0 saturated heterocycles.